The summed E-state index contributed by atoms with van der Waals surface area (Å²) in [5, 5.41) is 4.61. The summed E-state index contributed by atoms with van der Waals surface area (Å²) in [6, 6.07) is 12.5. The van der Waals surface area contributed by atoms with Gasteiger partial charge in [-0.3, -0.25) is 4.79 Å². The fourth-order valence-electron chi connectivity index (χ4n) is 1.58. The molecule has 0 fully saturated rings. The molecule has 0 aliphatic heterocycles. The topological polar surface area (TPSA) is 41.5 Å². The van der Waals surface area contributed by atoms with E-state index < -0.39 is 11.7 Å². The summed E-state index contributed by atoms with van der Waals surface area (Å²) in [5.74, 6) is -0.922. The number of hydrazone groups is 1. The van der Waals surface area contributed by atoms with Crippen LogP contribution in [-0.4, -0.2) is 11.6 Å². The van der Waals surface area contributed by atoms with E-state index in [1.165, 1.54) is 18.2 Å². The van der Waals surface area contributed by atoms with E-state index >= 15 is 0 Å². The van der Waals surface area contributed by atoms with E-state index in [0.717, 1.165) is 11.6 Å². The lowest BCUT2D eigenvalue weighted by Crippen LogP contribution is -2.19. The molecule has 0 heterocycles. The van der Waals surface area contributed by atoms with Gasteiger partial charge in [-0.25, -0.2) is 9.82 Å². The van der Waals surface area contributed by atoms with Gasteiger partial charge in [-0.05, 0) is 42.8 Å². The SMILES string of the molecule is C/C(=N/NC(=O)c1cccc(F)c1)c1ccc(Cl)cc1. The number of benzene rings is 2. The first-order valence-corrected chi connectivity index (χ1v) is 6.30. The Balaban J connectivity index is 2.08. The maximum Gasteiger partial charge on any atom is 0.271 e. The average molecular weight is 291 g/mol. The summed E-state index contributed by atoms with van der Waals surface area (Å²) < 4.78 is 13.0. The zero-order valence-corrected chi connectivity index (χ0v) is 11.5. The molecule has 0 saturated heterocycles. The molecule has 2 aromatic rings. The van der Waals surface area contributed by atoms with Crippen molar-refractivity contribution in [3.63, 3.8) is 0 Å². The molecule has 3 nitrogen and oxygen atoms in total. The first-order chi connectivity index (χ1) is 9.56. The molecule has 1 amide bonds. The minimum absolute atomic E-state index is 0.220. The fourth-order valence-corrected chi connectivity index (χ4v) is 1.71. The van der Waals surface area contributed by atoms with Gasteiger partial charge in [-0.15, -0.1) is 0 Å². The van der Waals surface area contributed by atoms with E-state index in [-0.39, 0.29) is 5.56 Å². The highest BCUT2D eigenvalue weighted by Crippen LogP contribution is 2.10. The number of nitrogens with one attached hydrogen (secondary N) is 1. The van der Waals surface area contributed by atoms with Gasteiger partial charge in [0, 0.05) is 10.6 Å². The maximum atomic E-state index is 13.0. The number of carbonyl (C=O) groups excluding carboxylic acids is 1. The van der Waals surface area contributed by atoms with Gasteiger partial charge in [0.2, 0.25) is 0 Å². The number of hydrogen-bond donors (Lipinski definition) is 1. The van der Waals surface area contributed by atoms with Gasteiger partial charge in [-0.1, -0.05) is 29.8 Å². The highest BCUT2D eigenvalue weighted by Gasteiger charge is 2.05. The van der Waals surface area contributed by atoms with Crippen molar-refractivity contribution in [3.8, 4) is 0 Å². The molecule has 0 unspecified atom stereocenters. The molecule has 0 aromatic heterocycles. The maximum absolute atomic E-state index is 13.0. The predicted molar refractivity (Wildman–Crippen MR) is 77.5 cm³/mol. The zero-order valence-electron chi connectivity index (χ0n) is 10.7. The van der Waals surface area contributed by atoms with Crippen LogP contribution in [0.25, 0.3) is 0 Å². The molecule has 0 atom stereocenters. The molecule has 2 aromatic carbocycles. The molecular weight excluding hydrogens is 279 g/mol. The Morgan fingerprint density at radius 3 is 2.50 bits per heavy atom. The smallest absolute Gasteiger partial charge is 0.267 e. The van der Waals surface area contributed by atoms with Crippen molar-refractivity contribution in [1.29, 1.82) is 0 Å². The lowest BCUT2D eigenvalue weighted by atomic mass is 10.1. The Labute approximate surface area is 121 Å². The molecule has 0 aliphatic carbocycles. The number of carbonyl (C=O) groups is 1. The van der Waals surface area contributed by atoms with Gasteiger partial charge >= 0.3 is 0 Å². The van der Waals surface area contributed by atoms with Crippen LogP contribution in [0, 0.1) is 5.82 Å². The van der Waals surface area contributed by atoms with Crippen LogP contribution < -0.4 is 5.43 Å². The number of amides is 1. The first kappa shape index (κ1) is 14.2. The van der Waals surface area contributed by atoms with Crippen LogP contribution >= 0.6 is 11.6 Å². The molecule has 0 bridgehead atoms. The Bertz CT molecular complexity index is 653. The second kappa shape index (κ2) is 6.30. The van der Waals surface area contributed by atoms with Crippen LogP contribution in [-0.2, 0) is 0 Å². The van der Waals surface area contributed by atoms with Gasteiger partial charge in [-0.2, -0.15) is 5.10 Å². The summed E-state index contributed by atoms with van der Waals surface area (Å²) in [7, 11) is 0. The quantitative estimate of drug-likeness (QED) is 0.680. The third-order valence-electron chi connectivity index (χ3n) is 2.67. The van der Waals surface area contributed by atoms with Crippen LogP contribution in [0.5, 0.6) is 0 Å². The van der Waals surface area contributed by atoms with Crippen LogP contribution in [0.1, 0.15) is 22.8 Å². The van der Waals surface area contributed by atoms with Crippen LogP contribution in [0.15, 0.2) is 53.6 Å². The third kappa shape index (κ3) is 3.65. The molecule has 0 aliphatic rings. The van der Waals surface area contributed by atoms with Crippen molar-refractivity contribution in [2.24, 2.45) is 5.10 Å². The monoisotopic (exact) mass is 290 g/mol. The Hall–Kier alpha value is -2.20. The predicted octanol–water partition coefficient (Wildman–Crippen LogP) is 3.63. The third-order valence-corrected chi connectivity index (χ3v) is 2.93. The molecule has 1 N–H and O–H groups in total. The summed E-state index contributed by atoms with van der Waals surface area (Å²) in [4.78, 5) is 11.8. The Kier molecular flexibility index (Phi) is 4.48. The molecule has 5 heteroatoms. The molecule has 20 heavy (non-hydrogen) atoms. The minimum atomic E-state index is -0.462. The van der Waals surface area contributed by atoms with Crippen molar-refractivity contribution in [3.05, 3.63) is 70.5 Å². The highest BCUT2D eigenvalue weighted by atomic mass is 35.5. The number of nitrogens with zero attached hydrogens (tertiary/aromatic N) is 1. The Morgan fingerprint density at radius 2 is 1.85 bits per heavy atom. The number of halogens is 2. The van der Waals surface area contributed by atoms with Gasteiger partial charge in [0.1, 0.15) is 5.82 Å². The van der Waals surface area contributed by atoms with E-state index in [9.17, 15) is 9.18 Å². The Morgan fingerprint density at radius 1 is 1.15 bits per heavy atom. The van der Waals surface area contributed by atoms with Crippen molar-refractivity contribution >= 4 is 23.2 Å². The largest absolute Gasteiger partial charge is 0.271 e. The lowest BCUT2D eigenvalue weighted by molar-refractivity contribution is 0.0954. The molecule has 2 rings (SSSR count). The zero-order chi connectivity index (χ0) is 14.5. The molecule has 0 radical (unpaired) electrons. The van der Waals surface area contributed by atoms with Crippen molar-refractivity contribution < 1.29 is 9.18 Å². The van der Waals surface area contributed by atoms with Crippen LogP contribution in [0.2, 0.25) is 5.02 Å². The average Bonchev–Trinajstić information content (AvgIpc) is 2.45. The van der Waals surface area contributed by atoms with Crippen LogP contribution in [0.4, 0.5) is 4.39 Å². The van der Waals surface area contributed by atoms with Crippen molar-refractivity contribution in [2.45, 2.75) is 6.92 Å². The second-order valence-corrected chi connectivity index (χ2v) is 4.59. The first-order valence-electron chi connectivity index (χ1n) is 5.92. The van der Waals surface area contributed by atoms with Crippen molar-refractivity contribution in [1.82, 2.24) is 5.43 Å². The van der Waals surface area contributed by atoms with Gasteiger partial charge in [0.05, 0.1) is 5.71 Å². The van der Waals surface area contributed by atoms with E-state index in [2.05, 4.69) is 10.5 Å². The van der Waals surface area contributed by atoms with E-state index in [1.807, 2.05) is 0 Å². The molecular formula is C15H12ClFN2O. The highest BCUT2D eigenvalue weighted by molar-refractivity contribution is 6.30. The van der Waals surface area contributed by atoms with Gasteiger partial charge in [0.25, 0.3) is 5.91 Å². The van der Waals surface area contributed by atoms with E-state index in [0.29, 0.717) is 10.7 Å². The summed E-state index contributed by atoms with van der Waals surface area (Å²) in [6.07, 6.45) is 0. The van der Waals surface area contributed by atoms with Gasteiger partial charge in [0.15, 0.2) is 0 Å². The number of rotatable bonds is 3. The lowest BCUT2D eigenvalue weighted by Gasteiger charge is -2.03. The molecule has 0 saturated carbocycles. The van der Waals surface area contributed by atoms with E-state index in [1.54, 1.807) is 31.2 Å². The van der Waals surface area contributed by atoms with Gasteiger partial charge < -0.3 is 0 Å². The molecule has 0 spiro atoms. The van der Waals surface area contributed by atoms with Crippen LogP contribution in [0.3, 0.4) is 0 Å². The second-order valence-electron chi connectivity index (χ2n) is 4.16. The standard InChI is InChI=1S/C15H12ClFN2O/c1-10(11-5-7-13(16)8-6-11)18-19-15(20)12-3-2-4-14(17)9-12/h2-9H,1H3,(H,19,20)/b18-10-. The normalized spacial score (nSPS) is 11.2. The summed E-state index contributed by atoms with van der Waals surface area (Å²) >= 11 is 5.79. The summed E-state index contributed by atoms with van der Waals surface area (Å²) in [6.45, 7) is 1.76. The van der Waals surface area contributed by atoms with Crippen molar-refractivity contribution in [2.75, 3.05) is 0 Å². The molecule has 102 valence electrons. The minimum Gasteiger partial charge on any atom is -0.267 e. The fraction of sp³-hybridized carbons (Fsp3) is 0.0667. The number of hydrogen-bond acceptors (Lipinski definition) is 2. The van der Waals surface area contributed by atoms with E-state index in [4.69, 9.17) is 11.6 Å². The summed E-state index contributed by atoms with van der Waals surface area (Å²) in [5.41, 5.74) is 4.08.